The van der Waals surface area contributed by atoms with Crippen LogP contribution in [0.25, 0.3) is 0 Å². The van der Waals surface area contributed by atoms with Crippen LogP contribution in [0.3, 0.4) is 0 Å². The topological polar surface area (TPSA) is 26.0 Å². The van der Waals surface area contributed by atoms with Crippen LogP contribution in [0.4, 0.5) is 4.39 Å². The Morgan fingerprint density at radius 3 is 2.71 bits per heavy atom. The molecule has 0 bridgehead atoms. The number of rotatable bonds is 2. The van der Waals surface area contributed by atoms with Gasteiger partial charge < -0.3 is 5.73 Å². The Hall–Kier alpha value is -0.890. The van der Waals surface area contributed by atoms with E-state index in [1.807, 2.05) is 19.1 Å². The maximum Gasteiger partial charge on any atom is 0.126 e. The number of halogens is 1. The highest BCUT2D eigenvalue weighted by Gasteiger charge is 2.40. The van der Waals surface area contributed by atoms with Gasteiger partial charge in [-0.15, -0.1) is 0 Å². The summed E-state index contributed by atoms with van der Waals surface area (Å²) in [7, 11) is 0. The lowest BCUT2D eigenvalue weighted by atomic mass is 10.0. The Morgan fingerprint density at radius 1 is 1.50 bits per heavy atom. The molecule has 0 saturated heterocycles. The van der Waals surface area contributed by atoms with E-state index in [0.29, 0.717) is 17.4 Å². The van der Waals surface area contributed by atoms with E-state index in [1.165, 1.54) is 0 Å². The van der Waals surface area contributed by atoms with Crippen molar-refractivity contribution in [2.75, 3.05) is 0 Å². The molecule has 0 heterocycles. The molecular weight excluding hydrogens is 177 g/mol. The van der Waals surface area contributed by atoms with Crippen molar-refractivity contribution in [3.63, 3.8) is 0 Å². The first-order valence-corrected chi connectivity index (χ1v) is 5.11. The molecule has 0 aromatic heterocycles. The average molecular weight is 193 g/mol. The lowest BCUT2D eigenvalue weighted by Gasteiger charge is -2.05. The molecule has 76 valence electrons. The summed E-state index contributed by atoms with van der Waals surface area (Å²) in [6.07, 6.45) is 1.11. The zero-order valence-electron chi connectivity index (χ0n) is 8.63. The molecule has 1 nitrogen and oxygen atoms in total. The molecule has 14 heavy (non-hydrogen) atoms. The number of benzene rings is 1. The van der Waals surface area contributed by atoms with Crippen molar-refractivity contribution in [2.24, 2.45) is 11.7 Å². The van der Waals surface area contributed by atoms with Crippen LogP contribution in [-0.2, 0) is 0 Å². The number of nitrogens with two attached hydrogens (primary N) is 1. The van der Waals surface area contributed by atoms with Crippen LogP contribution in [-0.4, -0.2) is 6.04 Å². The van der Waals surface area contributed by atoms with Gasteiger partial charge in [-0.1, -0.05) is 12.1 Å². The van der Waals surface area contributed by atoms with Gasteiger partial charge in [-0.2, -0.15) is 0 Å². The van der Waals surface area contributed by atoms with Gasteiger partial charge in [-0.25, -0.2) is 4.39 Å². The quantitative estimate of drug-likeness (QED) is 0.767. The van der Waals surface area contributed by atoms with Crippen molar-refractivity contribution in [3.8, 4) is 0 Å². The minimum absolute atomic E-state index is 0.0992. The van der Waals surface area contributed by atoms with Gasteiger partial charge in [0.1, 0.15) is 5.82 Å². The Labute approximate surface area is 84.1 Å². The Kier molecular flexibility index (Phi) is 2.31. The molecule has 0 spiro atoms. The van der Waals surface area contributed by atoms with Gasteiger partial charge >= 0.3 is 0 Å². The molecule has 1 saturated carbocycles. The van der Waals surface area contributed by atoms with E-state index in [4.69, 9.17) is 5.73 Å². The standard InChI is InChI=1S/C12H16FN/c1-7-3-4-9(5-12(7)13)11-6-10(11)8(2)14/h3-5,8,10-11H,6,14H2,1-2H3. The van der Waals surface area contributed by atoms with Gasteiger partial charge in [0.05, 0.1) is 0 Å². The summed E-state index contributed by atoms with van der Waals surface area (Å²) in [5, 5.41) is 0. The van der Waals surface area contributed by atoms with Crippen LogP contribution in [0.1, 0.15) is 30.4 Å². The summed E-state index contributed by atoms with van der Waals surface area (Å²) in [6, 6.07) is 5.75. The molecule has 2 heteroatoms. The Bertz CT molecular complexity index is 346. The minimum atomic E-state index is -0.0992. The van der Waals surface area contributed by atoms with Crippen LogP contribution in [0, 0.1) is 18.7 Å². The van der Waals surface area contributed by atoms with Gasteiger partial charge in [0.2, 0.25) is 0 Å². The smallest absolute Gasteiger partial charge is 0.126 e. The second kappa shape index (κ2) is 3.35. The zero-order valence-corrected chi connectivity index (χ0v) is 8.63. The Balaban J connectivity index is 2.16. The molecule has 1 aliphatic carbocycles. The van der Waals surface area contributed by atoms with Crippen LogP contribution >= 0.6 is 0 Å². The molecule has 3 atom stereocenters. The molecule has 3 unspecified atom stereocenters. The monoisotopic (exact) mass is 193 g/mol. The van der Waals surface area contributed by atoms with E-state index >= 15 is 0 Å². The Morgan fingerprint density at radius 2 is 2.21 bits per heavy atom. The van der Waals surface area contributed by atoms with E-state index in [9.17, 15) is 4.39 Å². The van der Waals surface area contributed by atoms with Crippen LogP contribution in [0.2, 0.25) is 0 Å². The second-order valence-electron chi connectivity index (χ2n) is 4.37. The highest BCUT2D eigenvalue weighted by molar-refractivity contribution is 5.30. The molecule has 1 aromatic rings. The van der Waals surface area contributed by atoms with Crippen molar-refractivity contribution in [1.82, 2.24) is 0 Å². The predicted octanol–water partition coefficient (Wildman–Crippen LogP) is 2.58. The summed E-state index contributed by atoms with van der Waals surface area (Å²) in [5.41, 5.74) is 7.62. The molecule has 1 aliphatic rings. The summed E-state index contributed by atoms with van der Waals surface area (Å²) in [4.78, 5) is 0. The first kappa shape index (κ1) is 9.66. The predicted molar refractivity (Wildman–Crippen MR) is 55.6 cm³/mol. The first-order valence-electron chi connectivity index (χ1n) is 5.11. The first-order chi connectivity index (χ1) is 6.59. The normalized spacial score (nSPS) is 27.4. The second-order valence-corrected chi connectivity index (χ2v) is 4.37. The lowest BCUT2D eigenvalue weighted by molar-refractivity contribution is 0.609. The van der Waals surface area contributed by atoms with Crippen LogP contribution < -0.4 is 5.73 Å². The van der Waals surface area contributed by atoms with Crippen molar-refractivity contribution in [1.29, 1.82) is 0 Å². The summed E-state index contributed by atoms with van der Waals surface area (Å²) in [5.74, 6) is 0.944. The van der Waals surface area contributed by atoms with Gasteiger partial charge in [0.25, 0.3) is 0 Å². The maximum absolute atomic E-state index is 13.3. The third-order valence-corrected chi connectivity index (χ3v) is 3.14. The third kappa shape index (κ3) is 1.67. The third-order valence-electron chi connectivity index (χ3n) is 3.14. The van der Waals surface area contributed by atoms with Crippen molar-refractivity contribution in [3.05, 3.63) is 35.1 Å². The van der Waals surface area contributed by atoms with Gasteiger partial charge in [-0.05, 0) is 49.3 Å². The summed E-state index contributed by atoms with van der Waals surface area (Å²) < 4.78 is 13.3. The minimum Gasteiger partial charge on any atom is -0.328 e. The molecule has 1 aromatic carbocycles. The van der Waals surface area contributed by atoms with E-state index in [-0.39, 0.29) is 11.9 Å². The fourth-order valence-electron chi connectivity index (χ4n) is 2.02. The highest BCUT2D eigenvalue weighted by atomic mass is 19.1. The zero-order chi connectivity index (χ0) is 10.3. The van der Waals surface area contributed by atoms with Gasteiger partial charge in [-0.3, -0.25) is 0 Å². The fraction of sp³-hybridized carbons (Fsp3) is 0.500. The lowest BCUT2D eigenvalue weighted by Crippen LogP contribution is -2.17. The summed E-state index contributed by atoms with van der Waals surface area (Å²) in [6.45, 7) is 3.81. The highest BCUT2D eigenvalue weighted by Crippen LogP contribution is 2.49. The van der Waals surface area contributed by atoms with E-state index < -0.39 is 0 Å². The van der Waals surface area contributed by atoms with Gasteiger partial charge in [0, 0.05) is 6.04 Å². The van der Waals surface area contributed by atoms with Crippen molar-refractivity contribution < 1.29 is 4.39 Å². The number of hydrogen-bond acceptors (Lipinski definition) is 1. The van der Waals surface area contributed by atoms with Crippen LogP contribution in [0.5, 0.6) is 0 Å². The van der Waals surface area contributed by atoms with Crippen molar-refractivity contribution >= 4 is 0 Å². The molecule has 2 rings (SSSR count). The SMILES string of the molecule is Cc1ccc(C2CC2C(C)N)cc1F. The number of hydrogen-bond donors (Lipinski definition) is 1. The maximum atomic E-state index is 13.3. The van der Waals surface area contributed by atoms with Crippen LogP contribution in [0.15, 0.2) is 18.2 Å². The molecule has 0 radical (unpaired) electrons. The fourth-order valence-corrected chi connectivity index (χ4v) is 2.02. The summed E-state index contributed by atoms with van der Waals surface area (Å²) >= 11 is 0. The molecule has 1 fully saturated rings. The van der Waals surface area contributed by atoms with E-state index in [2.05, 4.69) is 0 Å². The van der Waals surface area contributed by atoms with Gasteiger partial charge in [0.15, 0.2) is 0 Å². The largest absolute Gasteiger partial charge is 0.328 e. The van der Waals surface area contributed by atoms with Crippen molar-refractivity contribution in [2.45, 2.75) is 32.2 Å². The van der Waals surface area contributed by atoms with E-state index in [1.54, 1.807) is 13.0 Å². The number of aryl methyl sites for hydroxylation is 1. The molecular formula is C12H16FN. The molecule has 0 amide bonds. The van der Waals surface area contributed by atoms with E-state index in [0.717, 1.165) is 12.0 Å². The average Bonchev–Trinajstić information content (AvgIpc) is 2.89. The molecule has 0 aliphatic heterocycles. The molecule has 2 N–H and O–H groups in total.